The van der Waals surface area contributed by atoms with Crippen LogP contribution in [0.5, 0.6) is 0 Å². The summed E-state index contributed by atoms with van der Waals surface area (Å²) in [5.74, 6) is -0.347. The molecule has 0 heterocycles. The molecule has 0 aliphatic carbocycles. The Morgan fingerprint density at radius 1 is 0.633 bits per heavy atom. The summed E-state index contributed by atoms with van der Waals surface area (Å²) in [6.45, 7) is 9.76. The van der Waals surface area contributed by atoms with Gasteiger partial charge in [0.25, 0.3) is 0 Å². The fourth-order valence-electron chi connectivity index (χ4n) is 2.18. The van der Waals surface area contributed by atoms with Gasteiger partial charge in [0.15, 0.2) is 0 Å². The van der Waals surface area contributed by atoms with Crippen molar-refractivity contribution in [3.05, 3.63) is 35.9 Å². The summed E-state index contributed by atoms with van der Waals surface area (Å²) < 4.78 is 37.4. The quantitative estimate of drug-likeness (QED) is 0.231. The van der Waals surface area contributed by atoms with Gasteiger partial charge in [-0.3, -0.25) is 0 Å². The Balaban J connectivity index is 1.72. The Hall–Kier alpha value is -1.55. The Kier molecular flexibility index (Phi) is 17.1. The topological polar surface area (TPSA) is 81.7 Å². The monoisotopic (exact) mass is 428 g/mol. The minimum atomic E-state index is -0.347. The first-order chi connectivity index (χ1) is 14.7. The third kappa shape index (κ3) is 16.3. The summed E-state index contributed by atoms with van der Waals surface area (Å²) in [6.07, 6.45) is 0.232. The molecule has 0 aliphatic heterocycles. The van der Waals surface area contributed by atoms with Crippen molar-refractivity contribution in [2.75, 3.05) is 79.3 Å². The van der Waals surface area contributed by atoms with Crippen molar-refractivity contribution >= 4 is 5.97 Å². The van der Waals surface area contributed by atoms with Crippen molar-refractivity contribution in [2.45, 2.75) is 20.0 Å². The first-order valence-corrected chi connectivity index (χ1v) is 10.4. The number of carbonyl (C=O) groups is 1. The van der Waals surface area contributed by atoms with Crippen LogP contribution in [0.3, 0.4) is 0 Å². The van der Waals surface area contributed by atoms with E-state index in [1.807, 2.05) is 19.9 Å². The number of benzene rings is 1. The Morgan fingerprint density at radius 2 is 1.03 bits per heavy atom. The maximum Gasteiger partial charge on any atom is 0.338 e. The molecule has 1 aromatic carbocycles. The molecule has 0 saturated heterocycles. The molecule has 1 rings (SSSR count). The van der Waals surface area contributed by atoms with Gasteiger partial charge >= 0.3 is 5.97 Å². The summed E-state index contributed by atoms with van der Waals surface area (Å²) in [6, 6.07) is 8.87. The lowest BCUT2D eigenvalue weighted by molar-refractivity contribution is -0.0229. The smallest absolute Gasteiger partial charge is 0.338 e. The van der Waals surface area contributed by atoms with Gasteiger partial charge < -0.3 is 33.2 Å². The molecule has 0 unspecified atom stereocenters. The molecule has 0 spiro atoms. The zero-order valence-corrected chi connectivity index (χ0v) is 18.2. The van der Waals surface area contributed by atoms with Crippen molar-refractivity contribution < 1.29 is 38.0 Å². The second-order valence-electron chi connectivity index (χ2n) is 6.48. The van der Waals surface area contributed by atoms with Crippen LogP contribution in [0.1, 0.15) is 24.2 Å². The average molecular weight is 429 g/mol. The maximum absolute atomic E-state index is 11.7. The molecule has 172 valence electrons. The molecule has 8 heteroatoms. The van der Waals surface area contributed by atoms with Crippen LogP contribution < -0.4 is 0 Å². The molecule has 30 heavy (non-hydrogen) atoms. The normalized spacial score (nSPS) is 11.2. The van der Waals surface area contributed by atoms with E-state index in [4.69, 9.17) is 33.2 Å². The molecule has 0 saturated carbocycles. The molecule has 0 bridgehead atoms. The summed E-state index contributed by atoms with van der Waals surface area (Å²) in [5, 5.41) is 0. The van der Waals surface area contributed by atoms with Gasteiger partial charge in [-0.2, -0.15) is 0 Å². The number of hydrogen-bond donors (Lipinski definition) is 0. The first-order valence-electron chi connectivity index (χ1n) is 10.4. The van der Waals surface area contributed by atoms with E-state index in [1.165, 1.54) is 0 Å². The largest absolute Gasteiger partial charge is 0.460 e. The van der Waals surface area contributed by atoms with Crippen molar-refractivity contribution in [3.8, 4) is 0 Å². The van der Waals surface area contributed by atoms with Crippen molar-refractivity contribution in [3.63, 3.8) is 0 Å². The summed E-state index contributed by atoms with van der Waals surface area (Å²) in [7, 11) is 0. The van der Waals surface area contributed by atoms with Crippen molar-refractivity contribution in [1.29, 1.82) is 0 Å². The lowest BCUT2D eigenvalue weighted by Crippen LogP contribution is -2.15. The fraction of sp³-hybridized carbons (Fsp3) is 0.682. The van der Waals surface area contributed by atoms with E-state index in [-0.39, 0.29) is 18.7 Å². The first kappa shape index (κ1) is 26.5. The molecule has 0 amide bonds. The fourth-order valence-corrected chi connectivity index (χ4v) is 2.18. The van der Waals surface area contributed by atoms with Crippen LogP contribution in [0.4, 0.5) is 0 Å². The number of rotatable bonds is 20. The van der Waals surface area contributed by atoms with Gasteiger partial charge in [0.2, 0.25) is 0 Å². The van der Waals surface area contributed by atoms with E-state index in [2.05, 4.69) is 0 Å². The predicted molar refractivity (Wildman–Crippen MR) is 112 cm³/mol. The molecule has 1 aromatic rings. The van der Waals surface area contributed by atoms with Crippen LogP contribution in [0.25, 0.3) is 0 Å². The van der Waals surface area contributed by atoms with Crippen molar-refractivity contribution in [2.24, 2.45) is 0 Å². The van der Waals surface area contributed by atoms with Crippen LogP contribution >= 0.6 is 0 Å². The second kappa shape index (κ2) is 19.4. The van der Waals surface area contributed by atoms with Gasteiger partial charge in [-0.1, -0.05) is 18.2 Å². The number of esters is 1. The molecule has 0 atom stereocenters. The van der Waals surface area contributed by atoms with E-state index in [0.29, 0.717) is 78.2 Å². The third-order valence-electron chi connectivity index (χ3n) is 3.64. The minimum absolute atomic E-state index is 0.216. The highest BCUT2D eigenvalue weighted by molar-refractivity contribution is 5.89. The summed E-state index contributed by atoms with van der Waals surface area (Å²) in [5.41, 5.74) is 0.534. The lowest BCUT2D eigenvalue weighted by atomic mass is 10.2. The highest BCUT2D eigenvalue weighted by Crippen LogP contribution is 2.00. The number of hydrogen-bond acceptors (Lipinski definition) is 8. The van der Waals surface area contributed by atoms with Gasteiger partial charge in [0, 0.05) is 0 Å². The zero-order chi connectivity index (χ0) is 21.7. The molecule has 0 aliphatic rings. The Bertz CT molecular complexity index is 509. The van der Waals surface area contributed by atoms with E-state index >= 15 is 0 Å². The molecule has 0 aromatic heterocycles. The SMILES string of the molecule is CC(C)OCCOCCOCCOCCOCCOCCOC(=O)c1ccccc1. The van der Waals surface area contributed by atoms with E-state index in [9.17, 15) is 4.79 Å². The zero-order valence-electron chi connectivity index (χ0n) is 18.2. The molecule has 0 fully saturated rings. The molecule has 0 N–H and O–H groups in total. The van der Waals surface area contributed by atoms with E-state index in [0.717, 1.165) is 0 Å². The minimum Gasteiger partial charge on any atom is -0.460 e. The standard InChI is InChI=1S/C22H36O8/c1-20(2)29-18-16-27-14-12-25-10-8-24-9-11-26-13-15-28-17-19-30-22(23)21-6-4-3-5-7-21/h3-7,20H,8-19H2,1-2H3. The number of carbonyl (C=O) groups excluding carboxylic acids is 1. The van der Waals surface area contributed by atoms with E-state index in [1.54, 1.807) is 24.3 Å². The molecular formula is C22H36O8. The number of ether oxygens (including phenoxy) is 7. The Labute approximate surface area is 179 Å². The van der Waals surface area contributed by atoms with Crippen LogP contribution in [-0.4, -0.2) is 91.4 Å². The lowest BCUT2D eigenvalue weighted by Gasteiger charge is -2.09. The predicted octanol–water partition coefficient (Wildman–Crippen LogP) is 2.35. The highest BCUT2D eigenvalue weighted by atomic mass is 16.6. The molecule has 0 radical (unpaired) electrons. The van der Waals surface area contributed by atoms with Gasteiger partial charge in [-0.15, -0.1) is 0 Å². The average Bonchev–Trinajstić information content (AvgIpc) is 2.75. The molecular weight excluding hydrogens is 392 g/mol. The van der Waals surface area contributed by atoms with Crippen LogP contribution in [0, 0.1) is 0 Å². The highest BCUT2D eigenvalue weighted by Gasteiger charge is 2.04. The van der Waals surface area contributed by atoms with Gasteiger partial charge in [0.05, 0.1) is 84.3 Å². The van der Waals surface area contributed by atoms with Gasteiger partial charge in [0.1, 0.15) is 6.61 Å². The third-order valence-corrected chi connectivity index (χ3v) is 3.64. The van der Waals surface area contributed by atoms with Crippen LogP contribution in [0.15, 0.2) is 30.3 Å². The van der Waals surface area contributed by atoms with Gasteiger partial charge in [-0.05, 0) is 26.0 Å². The van der Waals surface area contributed by atoms with Crippen molar-refractivity contribution in [1.82, 2.24) is 0 Å². The summed E-state index contributed by atoms with van der Waals surface area (Å²) in [4.78, 5) is 11.7. The summed E-state index contributed by atoms with van der Waals surface area (Å²) >= 11 is 0. The maximum atomic E-state index is 11.7. The van der Waals surface area contributed by atoms with E-state index < -0.39 is 0 Å². The Morgan fingerprint density at radius 3 is 1.47 bits per heavy atom. The second-order valence-corrected chi connectivity index (χ2v) is 6.48. The van der Waals surface area contributed by atoms with Crippen LogP contribution in [-0.2, 0) is 33.2 Å². The molecule has 8 nitrogen and oxygen atoms in total. The van der Waals surface area contributed by atoms with Crippen LogP contribution in [0.2, 0.25) is 0 Å². The van der Waals surface area contributed by atoms with Gasteiger partial charge in [-0.25, -0.2) is 4.79 Å².